The van der Waals surface area contributed by atoms with Gasteiger partial charge in [-0.3, -0.25) is 4.79 Å². The standard InChI is InChI=1S/C21H22ClNOS/c1-12(2)14-9-7-10-15(13(3)4)19(14)23-21(24)20-18(22)16-8-5-6-11-17(16)25-20/h5-13H,1-4H3,(H,23,24). The lowest BCUT2D eigenvalue weighted by Crippen LogP contribution is -2.15. The predicted octanol–water partition coefficient (Wildman–Crippen LogP) is 7.05. The number of nitrogens with one attached hydrogen (secondary N) is 1. The molecule has 0 aliphatic rings. The average Bonchev–Trinajstić information content (AvgIpc) is 2.92. The fourth-order valence-electron chi connectivity index (χ4n) is 3.03. The van der Waals surface area contributed by atoms with Crippen molar-refractivity contribution in [2.45, 2.75) is 39.5 Å². The summed E-state index contributed by atoms with van der Waals surface area (Å²) in [5.74, 6) is 0.514. The summed E-state index contributed by atoms with van der Waals surface area (Å²) in [6.45, 7) is 8.56. The molecule has 130 valence electrons. The minimum atomic E-state index is -0.138. The van der Waals surface area contributed by atoms with Crippen molar-refractivity contribution in [2.75, 3.05) is 5.32 Å². The van der Waals surface area contributed by atoms with E-state index >= 15 is 0 Å². The van der Waals surface area contributed by atoms with Crippen LogP contribution in [0.2, 0.25) is 5.02 Å². The Balaban J connectivity index is 2.04. The highest BCUT2D eigenvalue weighted by molar-refractivity contribution is 7.21. The van der Waals surface area contributed by atoms with Crippen LogP contribution in [0.4, 0.5) is 5.69 Å². The Morgan fingerprint density at radius 3 is 2.12 bits per heavy atom. The molecule has 0 aliphatic heterocycles. The fraction of sp³-hybridized carbons (Fsp3) is 0.286. The van der Waals surface area contributed by atoms with Crippen LogP contribution in [-0.4, -0.2) is 5.91 Å². The van der Waals surface area contributed by atoms with Gasteiger partial charge in [-0.15, -0.1) is 11.3 Å². The van der Waals surface area contributed by atoms with Gasteiger partial charge in [0.15, 0.2) is 0 Å². The van der Waals surface area contributed by atoms with E-state index < -0.39 is 0 Å². The lowest BCUT2D eigenvalue weighted by molar-refractivity contribution is 0.103. The first kappa shape index (κ1) is 18.0. The molecule has 1 heterocycles. The molecule has 0 atom stereocenters. The summed E-state index contributed by atoms with van der Waals surface area (Å²) in [5.41, 5.74) is 3.22. The molecule has 1 N–H and O–H groups in total. The van der Waals surface area contributed by atoms with Gasteiger partial charge in [0.2, 0.25) is 0 Å². The van der Waals surface area contributed by atoms with Gasteiger partial charge in [-0.05, 0) is 29.0 Å². The van der Waals surface area contributed by atoms with Crippen molar-refractivity contribution >= 4 is 44.6 Å². The zero-order valence-electron chi connectivity index (χ0n) is 14.9. The summed E-state index contributed by atoms with van der Waals surface area (Å²) in [6, 6.07) is 14.1. The molecule has 0 spiro atoms. The van der Waals surface area contributed by atoms with Gasteiger partial charge in [0.1, 0.15) is 4.88 Å². The van der Waals surface area contributed by atoms with Gasteiger partial charge in [-0.25, -0.2) is 0 Å². The molecule has 25 heavy (non-hydrogen) atoms. The smallest absolute Gasteiger partial charge is 0.267 e. The minimum Gasteiger partial charge on any atom is -0.321 e. The normalized spacial score (nSPS) is 11.5. The van der Waals surface area contributed by atoms with Crippen LogP contribution in [0.3, 0.4) is 0 Å². The van der Waals surface area contributed by atoms with Gasteiger partial charge in [-0.2, -0.15) is 0 Å². The Morgan fingerprint density at radius 2 is 1.56 bits per heavy atom. The molecule has 0 radical (unpaired) electrons. The van der Waals surface area contributed by atoms with Gasteiger partial charge < -0.3 is 5.32 Å². The van der Waals surface area contributed by atoms with Crippen LogP contribution in [0.5, 0.6) is 0 Å². The van der Waals surface area contributed by atoms with Crippen molar-refractivity contribution in [3.05, 3.63) is 63.5 Å². The molecule has 0 fully saturated rings. The highest BCUT2D eigenvalue weighted by atomic mass is 35.5. The Hall–Kier alpha value is -1.84. The molecule has 0 bridgehead atoms. The summed E-state index contributed by atoms with van der Waals surface area (Å²) in [4.78, 5) is 13.5. The molecule has 1 aromatic heterocycles. The van der Waals surface area contributed by atoms with E-state index in [9.17, 15) is 4.79 Å². The largest absolute Gasteiger partial charge is 0.321 e. The number of benzene rings is 2. The topological polar surface area (TPSA) is 29.1 Å². The third-order valence-electron chi connectivity index (χ3n) is 4.35. The molecule has 3 rings (SSSR count). The van der Waals surface area contributed by atoms with Crippen molar-refractivity contribution in [3.63, 3.8) is 0 Å². The monoisotopic (exact) mass is 371 g/mol. The Labute approximate surface area is 157 Å². The van der Waals surface area contributed by atoms with Crippen molar-refractivity contribution in [3.8, 4) is 0 Å². The van der Waals surface area contributed by atoms with Crippen LogP contribution >= 0.6 is 22.9 Å². The molecule has 1 amide bonds. The van der Waals surface area contributed by atoms with Crippen LogP contribution in [-0.2, 0) is 0 Å². The zero-order chi connectivity index (χ0) is 18.1. The first-order valence-electron chi connectivity index (χ1n) is 8.51. The van der Waals surface area contributed by atoms with E-state index in [1.165, 1.54) is 11.3 Å². The van der Waals surface area contributed by atoms with E-state index in [1.807, 2.05) is 24.3 Å². The second-order valence-electron chi connectivity index (χ2n) is 6.82. The molecule has 2 aromatic carbocycles. The number of hydrogen-bond donors (Lipinski definition) is 1. The molecule has 0 saturated carbocycles. The first-order valence-corrected chi connectivity index (χ1v) is 9.70. The number of anilines is 1. The summed E-state index contributed by atoms with van der Waals surface area (Å²) in [5, 5.41) is 4.61. The van der Waals surface area contributed by atoms with E-state index in [-0.39, 0.29) is 5.91 Å². The number of halogens is 1. The number of fused-ring (bicyclic) bond motifs is 1. The third kappa shape index (κ3) is 3.44. The molecule has 2 nitrogen and oxygen atoms in total. The number of para-hydroxylation sites is 1. The third-order valence-corrected chi connectivity index (χ3v) is 6.03. The molecule has 3 aromatic rings. The zero-order valence-corrected chi connectivity index (χ0v) is 16.5. The minimum absolute atomic E-state index is 0.138. The number of thiophene rings is 1. The van der Waals surface area contributed by atoms with Crippen LogP contribution in [0, 0.1) is 0 Å². The van der Waals surface area contributed by atoms with E-state index in [0.717, 1.165) is 26.9 Å². The number of amides is 1. The predicted molar refractivity (Wildman–Crippen MR) is 109 cm³/mol. The summed E-state index contributed by atoms with van der Waals surface area (Å²) in [6.07, 6.45) is 0. The van der Waals surface area contributed by atoms with Crippen molar-refractivity contribution in [1.29, 1.82) is 0 Å². The fourth-order valence-corrected chi connectivity index (χ4v) is 4.44. The van der Waals surface area contributed by atoms with E-state index in [2.05, 4.69) is 51.2 Å². The van der Waals surface area contributed by atoms with Gasteiger partial charge in [0.25, 0.3) is 5.91 Å². The molecule has 0 aliphatic carbocycles. The number of rotatable bonds is 4. The number of hydrogen-bond acceptors (Lipinski definition) is 2. The van der Waals surface area contributed by atoms with Crippen LogP contribution < -0.4 is 5.32 Å². The second-order valence-corrected chi connectivity index (χ2v) is 8.25. The summed E-state index contributed by atoms with van der Waals surface area (Å²) < 4.78 is 1.03. The van der Waals surface area contributed by atoms with Gasteiger partial charge in [0, 0.05) is 15.8 Å². The highest BCUT2D eigenvalue weighted by Gasteiger charge is 2.21. The summed E-state index contributed by atoms with van der Waals surface area (Å²) >= 11 is 7.91. The lowest BCUT2D eigenvalue weighted by atomic mass is 9.92. The van der Waals surface area contributed by atoms with Crippen molar-refractivity contribution in [1.82, 2.24) is 0 Å². The van der Waals surface area contributed by atoms with Crippen molar-refractivity contribution in [2.24, 2.45) is 0 Å². The average molecular weight is 372 g/mol. The molecule has 0 unspecified atom stereocenters. The van der Waals surface area contributed by atoms with Gasteiger partial charge in [-0.1, -0.05) is 75.7 Å². The number of carbonyl (C=O) groups is 1. The lowest BCUT2D eigenvalue weighted by Gasteiger charge is -2.20. The first-order chi connectivity index (χ1) is 11.9. The van der Waals surface area contributed by atoms with E-state index in [1.54, 1.807) is 0 Å². The summed E-state index contributed by atoms with van der Waals surface area (Å²) in [7, 11) is 0. The Bertz CT molecular complexity index is 901. The van der Waals surface area contributed by atoms with Gasteiger partial charge in [0.05, 0.1) is 5.02 Å². The van der Waals surface area contributed by atoms with Crippen LogP contribution in [0.15, 0.2) is 42.5 Å². The SMILES string of the molecule is CC(C)c1cccc(C(C)C)c1NC(=O)c1sc2ccccc2c1Cl. The maximum atomic E-state index is 13.0. The van der Waals surface area contributed by atoms with Crippen LogP contribution in [0.1, 0.15) is 60.3 Å². The Kier molecular flexibility index (Phi) is 5.16. The molecule has 0 saturated heterocycles. The van der Waals surface area contributed by atoms with Crippen LogP contribution in [0.25, 0.3) is 10.1 Å². The van der Waals surface area contributed by atoms with Crippen molar-refractivity contribution < 1.29 is 4.79 Å². The molecule has 4 heteroatoms. The maximum absolute atomic E-state index is 13.0. The quantitative estimate of drug-likeness (QED) is 0.522. The molecular formula is C21H22ClNOS. The Morgan fingerprint density at radius 1 is 0.960 bits per heavy atom. The molecular weight excluding hydrogens is 350 g/mol. The highest BCUT2D eigenvalue weighted by Crippen LogP contribution is 2.37. The second kappa shape index (κ2) is 7.19. The number of carbonyl (C=O) groups excluding carboxylic acids is 1. The maximum Gasteiger partial charge on any atom is 0.267 e. The van der Waals surface area contributed by atoms with E-state index in [4.69, 9.17) is 11.6 Å². The van der Waals surface area contributed by atoms with E-state index in [0.29, 0.717) is 21.7 Å². The van der Waals surface area contributed by atoms with Gasteiger partial charge >= 0.3 is 0 Å².